The minimum atomic E-state index is -1.04. The highest BCUT2D eigenvalue weighted by atomic mass is 16.4. The van der Waals surface area contributed by atoms with Gasteiger partial charge in [-0.2, -0.15) is 0 Å². The molecule has 2 heterocycles. The maximum atomic E-state index is 12.0. The van der Waals surface area contributed by atoms with E-state index >= 15 is 0 Å². The molecule has 7 heteroatoms. The second-order valence-electron chi connectivity index (χ2n) is 4.68. The Bertz CT molecular complexity index is 466. The number of aromatic nitrogens is 1. The van der Waals surface area contributed by atoms with Crippen LogP contribution in [-0.2, 0) is 11.3 Å². The van der Waals surface area contributed by atoms with E-state index in [1.165, 1.54) is 0 Å². The van der Waals surface area contributed by atoms with Crippen LogP contribution in [0.1, 0.15) is 5.56 Å². The summed E-state index contributed by atoms with van der Waals surface area (Å²) in [6.45, 7) is 3.22. The van der Waals surface area contributed by atoms with E-state index in [9.17, 15) is 9.59 Å². The van der Waals surface area contributed by atoms with E-state index < -0.39 is 6.09 Å². The second-order valence-corrected chi connectivity index (χ2v) is 4.68. The monoisotopic (exact) mass is 278 g/mol. The molecular weight excluding hydrogens is 260 g/mol. The zero-order chi connectivity index (χ0) is 14.4. The lowest BCUT2D eigenvalue weighted by molar-refractivity contribution is -0.136. The Morgan fingerprint density at radius 3 is 2.95 bits per heavy atom. The average Bonchev–Trinajstić information content (AvgIpc) is 2.42. The van der Waals surface area contributed by atoms with Crippen LogP contribution in [0.5, 0.6) is 0 Å². The fourth-order valence-corrected chi connectivity index (χ4v) is 2.15. The third-order valence-corrected chi connectivity index (χ3v) is 3.20. The molecule has 20 heavy (non-hydrogen) atoms. The van der Waals surface area contributed by atoms with Crippen LogP contribution in [-0.4, -0.2) is 64.6 Å². The lowest BCUT2D eigenvalue weighted by Crippen LogP contribution is -2.51. The quantitative estimate of drug-likeness (QED) is 0.791. The first kappa shape index (κ1) is 14.3. The van der Waals surface area contributed by atoms with Gasteiger partial charge >= 0.3 is 6.09 Å². The van der Waals surface area contributed by atoms with Crippen molar-refractivity contribution in [1.29, 1.82) is 0 Å². The van der Waals surface area contributed by atoms with Gasteiger partial charge in [0.1, 0.15) is 0 Å². The van der Waals surface area contributed by atoms with Crippen molar-refractivity contribution in [2.75, 3.05) is 32.7 Å². The number of nitrogens with one attached hydrogen (secondary N) is 1. The van der Waals surface area contributed by atoms with Crippen LogP contribution >= 0.6 is 0 Å². The molecule has 1 saturated heterocycles. The molecule has 0 saturated carbocycles. The first-order chi connectivity index (χ1) is 9.65. The van der Waals surface area contributed by atoms with Crippen molar-refractivity contribution in [3.05, 3.63) is 30.1 Å². The standard InChI is InChI=1S/C13H18N4O3/c18-12-10-16(5-4-15-13(19)20)6-7-17(12)9-11-2-1-3-14-8-11/h1-3,8,15H,4-7,9-10H2,(H,19,20). The van der Waals surface area contributed by atoms with Gasteiger partial charge in [0.25, 0.3) is 0 Å². The number of nitrogens with zero attached hydrogens (tertiary/aromatic N) is 3. The van der Waals surface area contributed by atoms with Crippen LogP contribution in [0.15, 0.2) is 24.5 Å². The lowest BCUT2D eigenvalue weighted by atomic mass is 10.2. The van der Waals surface area contributed by atoms with Crippen molar-refractivity contribution in [3.8, 4) is 0 Å². The van der Waals surface area contributed by atoms with Crippen molar-refractivity contribution < 1.29 is 14.7 Å². The summed E-state index contributed by atoms with van der Waals surface area (Å²) in [7, 11) is 0. The van der Waals surface area contributed by atoms with Gasteiger partial charge in [0.2, 0.25) is 5.91 Å². The number of pyridine rings is 1. The van der Waals surface area contributed by atoms with Crippen molar-refractivity contribution >= 4 is 12.0 Å². The summed E-state index contributed by atoms with van der Waals surface area (Å²) in [5, 5.41) is 10.8. The SMILES string of the molecule is O=C(O)NCCN1CCN(Cc2cccnc2)C(=O)C1. The van der Waals surface area contributed by atoms with Crippen LogP contribution in [0.2, 0.25) is 0 Å². The Balaban J connectivity index is 1.77. The Labute approximate surface area is 117 Å². The Morgan fingerprint density at radius 1 is 1.45 bits per heavy atom. The van der Waals surface area contributed by atoms with E-state index in [2.05, 4.69) is 10.3 Å². The maximum Gasteiger partial charge on any atom is 0.404 e. The first-order valence-electron chi connectivity index (χ1n) is 6.51. The topological polar surface area (TPSA) is 85.8 Å². The van der Waals surface area contributed by atoms with Crippen LogP contribution in [0.25, 0.3) is 0 Å². The molecule has 2 amide bonds. The summed E-state index contributed by atoms with van der Waals surface area (Å²) in [6, 6.07) is 3.80. The minimum absolute atomic E-state index is 0.0652. The van der Waals surface area contributed by atoms with Crippen LogP contribution < -0.4 is 5.32 Å². The molecule has 1 aromatic heterocycles. The van der Waals surface area contributed by atoms with Gasteiger partial charge in [-0.25, -0.2) is 4.79 Å². The summed E-state index contributed by atoms with van der Waals surface area (Å²) >= 11 is 0. The summed E-state index contributed by atoms with van der Waals surface area (Å²) in [5.41, 5.74) is 1.02. The normalized spacial score (nSPS) is 16.2. The van der Waals surface area contributed by atoms with Gasteiger partial charge in [-0.1, -0.05) is 6.07 Å². The van der Waals surface area contributed by atoms with E-state index in [4.69, 9.17) is 5.11 Å². The van der Waals surface area contributed by atoms with E-state index in [1.807, 2.05) is 17.0 Å². The van der Waals surface area contributed by atoms with Gasteiger partial charge < -0.3 is 15.3 Å². The molecule has 0 radical (unpaired) electrons. The molecule has 1 aromatic rings. The van der Waals surface area contributed by atoms with Gasteiger partial charge in [-0.05, 0) is 11.6 Å². The predicted octanol–water partition coefficient (Wildman–Crippen LogP) is -0.00660. The van der Waals surface area contributed by atoms with Crippen LogP contribution in [0.4, 0.5) is 4.79 Å². The van der Waals surface area contributed by atoms with Gasteiger partial charge in [-0.3, -0.25) is 14.7 Å². The Kier molecular flexibility index (Phi) is 4.89. The molecule has 0 bridgehead atoms. The van der Waals surface area contributed by atoms with Crippen molar-refractivity contribution in [2.24, 2.45) is 0 Å². The molecule has 1 aliphatic rings. The largest absolute Gasteiger partial charge is 0.465 e. The van der Waals surface area contributed by atoms with Gasteiger partial charge in [0, 0.05) is 45.1 Å². The highest BCUT2D eigenvalue weighted by molar-refractivity contribution is 5.79. The van der Waals surface area contributed by atoms with Crippen molar-refractivity contribution in [3.63, 3.8) is 0 Å². The van der Waals surface area contributed by atoms with E-state index in [0.29, 0.717) is 32.7 Å². The number of hydrogen-bond donors (Lipinski definition) is 2. The Morgan fingerprint density at radius 2 is 2.30 bits per heavy atom. The Hall–Kier alpha value is -2.15. The zero-order valence-electron chi connectivity index (χ0n) is 11.2. The van der Waals surface area contributed by atoms with Crippen molar-refractivity contribution in [1.82, 2.24) is 20.1 Å². The number of hydrogen-bond acceptors (Lipinski definition) is 4. The number of carboxylic acid groups (broad SMARTS) is 1. The van der Waals surface area contributed by atoms with Crippen LogP contribution in [0, 0.1) is 0 Å². The molecule has 0 spiro atoms. The minimum Gasteiger partial charge on any atom is -0.465 e. The summed E-state index contributed by atoms with van der Waals surface area (Å²) < 4.78 is 0. The third-order valence-electron chi connectivity index (χ3n) is 3.20. The number of rotatable bonds is 5. The molecule has 0 aliphatic carbocycles. The number of amides is 2. The van der Waals surface area contributed by atoms with E-state index in [0.717, 1.165) is 12.1 Å². The molecule has 7 nitrogen and oxygen atoms in total. The summed E-state index contributed by atoms with van der Waals surface area (Å²) in [6.07, 6.45) is 2.43. The molecule has 2 rings (SSSR count). The zero-order valence-corrected chi connectivity index (χ0v) is 11.2. The number of piperazine rings is 1. The fourth-order valence-electron chi connectivity index (χ4n) is 2.15. The van der Waals surface area contributed by atoms with Gasteiger partial charge in [0.05, 0.1) is 6.54 Å². The average molecular weight is 278 g/mol. The van der Waals surface area contributed by atoms with Gasteiger partial charge in [-0.15, -0.1) is 0 Å². The fraction of sp³-hybridized carbons (Fsp3) is 0.462. The van der Waals surface area contributed by atoms with E-state index in [1.54, 1.807) is 17.3 Å². The summed E-state index contributed by atoms with van der Waals surface area (Å²) in [5.74, 6) is 0.0652. The second kappa shape index (κ2) is 6.85. The molecule has 1 fully saturated rings. The summed E-state index contributed by atoms with van der Waals surface area (Å²) in [4.78, 5) is 30.2. The smallest absolute Gasteiger partial charge is 0.404 e. The van der Waals surface area contributed by atoms with Crippen LogP contribution in [0.3, 0.4) is 0 Å². The van der Waals surface area contributed by atoms with E-state index in [-0.39, 0.29) is 5.91 Å². The lowest BCUT2D eigenvalue weighted by Gasteiger charge is -2.34. The third kappa shape index (κ3) is 4.20. The molecule has 108 valence electrons. The highest BCUT2D eigenvalue weighted by Crippen LogP contribution is 2.08. The predicted molar refractivity (Wildman–Crippen MR) is 72.1 cm³/mol. The molecular formula is C13H18N4O3. The molecule has 0 aromatic carbocycles. The molecule has 0 atom stereocenters. The molecule has 2 N–H and O–H groups in total. The molecule has 0 unspecified atom stereocenters. The number of carbonyl (C=O) groups excluding carboxylic acids is 1. The highest BCUT2D eigenvalue weighted by Gasteiger charge is 2.23. The molecule has 1 aliphatic heterocycles. The maximum absolute atomic E-state index is 12.0. The van der Waals surface area contributed by atoms with Crippen molar-refractivity contribution in [2.45, 2.75) is 6.54 Å². The first-order valence-corrected chi connectivity index (χ1v) is 6.51. The number of carbonyl (C=O) groups is 2. The van der Waals surface area contributed by atoms with Gasteiger partial charge in [0.15, 0.2) is 0 Å².